The molecule has 3 heterocycles. The summed E-state index contributed by atoms with van der Waals surface area (Å²) in [6, 6.07) is 67.6. The number of hydrogen-bond acceptors (Lipinski definition) is 4. The average molecular weight is 717 g/mol. The third-order valence-corrected chi connectivity index (χ3v) is 10.6. The summed E-state index contributed by atoms with van der Waals surface area (Å²) < 4.78 is 9.12. The van der Waals surface area contributed by atoms with Gasteiger partial charge in [-0.2, -0.15) is 0 Å². The lowest BCUT2D eigenvalue weighted by Crippen LogP contribution is -2.00. The maximum absolute atomic E-state index is 6.72. The van der Waals surface area contributed by atoms with E-state index in [0.29, 0.717) is 17.5 Å². The van der Waals surface area contributed by atoms with Crippen molar-refractivity contribution in [2.45, 2.75) is 0 Å². The largest absolute Gasteiger partial charge is 0.455 e. The van der Waals surface area contributed by atoms with Gasteiger partial charge in [0.2, 0.25) is 0 Å². The lowest BCUT2D eigenvalue weighted by molar-refractivity contribution is 0.669. The van der Waals surface area contributed by atoms with Crippen LogP contribution in [0.2, 0.25) is 0 Å². The van der Waals surface area contributed by atoms with E-state index in [4.69, 9.17) is 19.4 Å². The summed E-state index contributed by atoms with van der Waals surface area (Å²) in [7, 11) is 0. The van der Waals surface area contributed by atoms with Crippen molar-refractivity contribution in [3.05, 3.63) is 194 Å². The fourth-order valence-corrected chi connectivity index (χ4v) is 8.05. The van der Waals surface area contributed by atoms with E-state index in [0.717, 1.165) is 55.3 Å². The number of benzene rings is 8. The molecule has 56 heavy (non-hydrogen) atoms. The first-order valence-electron chi connectivity index (χ1n) is 18.8. The Morgan fingerprint density at radius 2 is 0.929 bits per heavy atom. The smallest absolute Gasteiger partial charge is 0.167 e. The predicted molar refractivity (Wildman–Crippen MR) is 229 cm³/mol. The summed E-state index contributed by atoms with van der Waals surface area (Å²) in [5, 5.41) is 4.45. The molecule has 262 valence electrons. The van der Waals surface area contributed by atoms with Crippen molar-refractivity contribution in [3.8, 4) is 62.1 Å². The van der Waals surface area contributed by atoms with E-state index in [1.54, 1.807) is 0 Å². The molecule has 0 saturated carbocycles. The Morgan fingerprint density at radius 1 is 0.357 bits per heavy atom. The lowest BCUT2D eigenvalue weighted by atomic mass is 9.94. The first-order valence-corrected chi connectivity index (χ1v) is 18.8. The normalized spacial score (nSPS) is 11.6. The second-order valence-electron chi connectivity index (χ2n) is 14.0. The van der Waals surface area contributed by atoms with Crippen LogP contribution in [0.4, 0.5) is 0 Å². The molecule has 5 nitrogen and oxygen atoms in total. The van der Waals surface area contributed by atoms with Crippen molar-refractivity contribution >= 4 is 43.7 Å². The summed E-state index contributed by atoms with van der Waals surface area (Å²) in [6.45, 7) is 0. The molecule has 0 N–H and O–H groups in total. The Morgan fingerprint density at radius 3 is 1.61 bits per heavy atom. The number of rotatable bonds is 6. The van der Waals surface area contributed by atoms with Gasteiger partial charge in [-0.3, -0.25) is 0 Å². The molecule has 0 amide bonds. The zero-order valence-corrected chi connectivity index (χ0v) is 30.2. The van der Waals surface area contributed by atoms with E-state index in [-0.39, 0.29) is 0 Å². The minimum Gasteiger partial charge on any atom is -0.455 e. The molecule has 0 spiro atoms. The Bertz CT molecular complexity index is 3170. The lowest BCUT2D eigenvalue weighted by Gasteiger charge is -2.12. The zero-order valence-electron chi connectivity index (χ0n) is 30.2. The molecule has 0 unspecified atom stereocenters. The third kappa shape index (κ3) is 5.29. The fourth-order valence-electron chi connectivity index (χ4n) is 8.05. The van der Waals surface area contributed by atoms with Gasteiger partial charge in [0.05, 0.1) is 16.6 Å². The van der Waals surface area contributed by atoms with E-state index >= 15 is 0 Å². The summed E-state index contributed by atoms with van der Waals surface area (Å²) in [5.74, 6) is 1.79. The highest BCUT2D eigenvalue weighted by atomic mass is 16.3. The van der Waals surface area contributed by atoms with Crippen LogP contribution in [-0.4, -0.2) is 19.5 Å². The molecule has 0 saturated heterocycles. The molecule has 0 radical (unpaired) electrons. The summed E-state index contributed by atoms with van der Waals surface area (Å²) in [5.41, 5.74) is 12.3. The maximum Gasteiger partial charge on any atom is 0.167 e. The Kier molecular flexibility index (Phi) is 7.42. The van der Waals surface area contributed by atoms with E-state index in [9.17, 15) is 0 Å². The van der Waals surface area contributed by atoms with Crippen LogP contribution in [0.5, 0.6) is 0 Å². The molecule has 0 bridgehead atoms. The number of nitrogens with zero attached hydrogens (tertiary/aromatic N) is 4. The van der Waals surface area contributed by atoms with Gasteiger partial charge >= 0.3 is 0 Å². The van der Waals surface area contributed by atoms with Crippen LogP contribution in [0.15, 0.2) is 199 Å². The minimum absolute atomic E-state index is 0.562. The zero-order chi connectivity index (χ0) is 37.0. The molecule has 5 heteroatoms. The average Bonchev–Trinajstić information content (AvgIpc) is 3.82. The Hall–Kier alpha value is -7.63. The molecule has 0 aliphatic heterocycles. The highest BCUT2D eigenvalue weighted by molar-refractivity contribution is 6.17. The fraction of sp³-hybridized carbons (Fsp3) is 0. The van der Waals surface area contributed by atoms with Crippen LogP contribution < -0.4 is 0 Å². The molecular weight excluding hydrogens is 685 g/mol. The monoisotopic (exact) mass is 716 g/mol. The van der Waals surface area contributed by atoms with Gasteiger partial charge in [-0.05, 0) is 64.7 Å². The molecule has 0 aliphatic carbocycles. The topological polar surface area (TPSA) is 56.7 Å². The molecule has 11 rings (SSSR count). The number of furan rings is 1. The van der Waals surface area contributed by atoms with E-state index in [1.807, 2.05) is 66.7 Å². The van der Waals surface area contributed by atoms with Crippen LogP contribution >= 0.6 is 0 Å². The van der Waals surface area contributed by atoms with Crippen LogP contribution in [-0.2, 0) is 0 Å². The maximum atomic E-state index is 6.72. The van der Waals surface area contributed by atoms with Crippen molar-refractivity contribution < 1.29 is 4.42 Å². The van der Waals surface area contributed by atoms with E-state index < -0.39 is 0 Å². The van der Waals surface area contributed by atoms with Gasteiger partial charge < -0.3 is 8.98 Å². The van der Waals surface area contributed by atoms with Gasteiger partial charge in [0.25, 0.3) is 0 Å². The van der Waals surface area contributed by atoms with Crippen molar-refractivity contribution in [1.82, 2.24) is 19.5 Å². The number of hydrogen-bond donors (Lipinski definition) is 0. The number of fused-ring (bicyclic) bond motifs is 6. The van der Waals surface area contributed by atoms with Gasteiger partial charge in [0.1, 0.15) is 11.2 Å². The predicted octanol–water partition coefficient (Wildman–Crippen LogP) is 13.2. The molecular formula is C51H32N4O. The van der Waals surface area contributed by atoms with Crippen LogP contribution in [0.1, 0.15) is 0 Å². The second kappa shape index (κ2) is 13.0. The van der Waals surface area contributed by atoms with E-state index in [2.05, 4.69) is 132 Å². The summed E-state index contributed by atoms with van der Waals surface area (Å²) in [4.78, 5) is 15.0. The van der Waals surface area contributed by atoms with E-state index in [1.165, 1.54) is 33.0 Å². The molecule has 11 aromatic rings. The highest BCUT2D eigenvalue weighted by Crippen LogP contribution is 2.43. The van der Waals surface area contributed by atoms with Gasteiger partial charge in [-0.15, -0.1) is 0 Å². The van der Waals surface area contributed by atoms with Gasteiger partial charge in [0.15, 0.2) is 17.5 Å². The first kappa shape index (κ1) is 31.9. The van der Waals surface area contributed by atoms with Crippen molar-refractivity contribution in [1.29, 1.82) is 0 Å². The second-order valence-corrected chi connectivity index (χ2v) is 14.0. The molecule has 8 aromatic carbocycles. The van der Waals surface area contributed by atoms with Gasteiger partial charge in [-0.1, -0.05) is 152 Å². The number of para-hydroxylation sites is 2. The molecule has 0 atom stereocenters. The summed E-state index contributed by atoms with van der Waals surface area (Å²) in [6.07, 6.45) is 0. The number of aromatic nitrogens is 4. The van der Waals surface area contributed by atoms with Gasteiger partial charge in [-0.25, -0.2) is 15.0 Å². The van der Waals surface area contributed by atoms with Crippen LogP contribution in [0.3, 0.4) is 0 Å². The molecule has 0 fully saturated rings. The summed E-state index contributed by atoms with van der Waals surface area (Å²) >= 11 is 0. The van der Waals surface area contributed by atoms with Crippen LogP contribution in [0, 0.1) is 0 Å². The first-order chi connectivity index (χ1) is 27.8. The third-order valence-electron chi connectivity index (χ3n) is 10.6. The van der Waals surface area contributed by atoms with Gasteiger partial charge in [0, 0.05) is 38.4 Å². The minimum atomic E-state index is 0.562. The standard InChI is InChI=1S/C51H32N4O/c1-5-16-33(17-6-1)37-30-42(34-18-7-2-8-19-34)47-40-24-13-14-27-44(40)55(45(47)31-37)38-28-29-46-43(32-38)39-25-15-26-41(48(39)56-46)51-53-49(35-20-9-3-10-21-35)52-50(54-51)36-22-11-4-12-23-36/h1-32H. The Balaban J connectivity index is 1.14. The van der Waals surface area contributed by atoms with Crippen molar-refractivity contribution in [2.75, 3.05) is 0 Å². The Labute approximate surface area is 322 Å². The SMILES string of the molecule is c1ccc(-c2cc(-c3ccccc3)c3c4ccccc4n(-c4ccc5oc6c(-c7nc(-c8ccccc8)nc(-c8ccccc8)n7)cccc6c5c4)c3c2)cc1. The van der Waals surface area contributed by atoms with Crippen molar-refractivity contribution in [3.63, 3.8) is 0 Å². The van der Waals surface area contributed by atoms with Crippen LogP contribution in [0.25, 0.3) is 106 Å². The quantitative estimate of drug-likeness (QED) is 0.172. The highest BCUT2D eigenvalue weighted by Gasteiger charge is 2.21. The van der Waals surface area contributed by atoms with Crippen molar-refractivity contribution in [2.24, 2.45) is 0 Å². The molecule has 0 aliphatic rings. The molecule has 3 aromatic heterocycles.